The first-order valence-corrected chi connectivity index (χ1v) is 11.0. The van der Waals surface area contributed by atoms with Gasteiger partial charge in [-0.1, -0.05) is 17.7 Å². The van der Waals surface area contributed by atoms with E-state index < -0.39 is 17.6 Å². The fourth-order valence-corrected chi connectivity index (χ4v) is 3.63. The van der Waals surface area contributed by atoms with E-state index in [9.17, 15) is 22.6 Å². The number of benzene rings is 2. The number of nitrogens with one attached hydrogen (secondary N) is 2. The molecule has 8 nitrogen and oxygen atoms in total. The average Bonchev–Trinajstić information content (AvgIpc) is 3.25. The van der Waals surface area contributed by atoms with Gasteiger partial charge in [0.15, 0.2) is 0 Å². The van der Waals surface area contributed by atoms with Gasteiger partial charge in [-0.3, -0.25) is 0 Å². The molecule has 2 heterocycles. The number of carbonyl (C=O) groups excluding carboxylic acids is 1. The maximum absolute atomic E-state index is 13.0. The van der Waals surface area contributed by atoms with E-state index >= 15 is 0 Å². The number of anilines is 2. The maximum atomic E-state index is 13.0. The summed E-state index contributed by atoms with van der Waals surface area (Å²) in [4.78, 5) is 20.0. The van der Waals surface area contributed by atoms with Crippen LogP contribution < -0.4 is 15.4 Å². The number of ether oxygens (including phenoxy) is 1. The normalized spacial score (nSPS) is 11.2. The molecule has 0 aliphatic rings. The van der Waals surface area contributed by atoms with Gasteiger partial charge in [0.05, 0.1) is 10.6 Å². The molecule has 0 atom stereocenters. The second-order valence-corrected chi connectivity index (χ2v) is 7.94. The standard InChI is InChI=1S/C24H17ClF3N5O3/c25-18-13-16(4-5-20(18)36-17-3-1-2-15(12-17)24(26,27)28)32-23-22-19(30-14-31-23)6-9-33(22)10-8-29-21(35)7-11-34/h1-6,9,12-14H,7-8,10H2,(H-,29,30,31,32,35)/p+1. The van der Waals surface area contributed by atoms with Crippen molar-refractivity contribution in [3.63, 3.8) is 0 Å². The van der Waals surface area contributed by atoms with Crippen LogP contribution >= 0.6 is 11.6 Å². The first-order valence-electron chi connectivity index (χ1n) is 10.6. The van der Waals surface area contributed by atoms with E-state index in [-0.39, 0.29) is 29.5 Å². The molecule has 0 fully saturated rings. The van der Waals surface area contributed by atoms with Gasteiger partial charge in [-0.25, -0.2) is 0 Å². The molecule has 4 aromatic rings. The summed E-state index contributed by atoms with van der Waals surface area (Å²) >= 11 is 6.33. The van der Waals surface area contributed by atoms with Crippen LogP contribution in [0.25, 0.3) is 11.0 Å². The Kier molecular flexibility index (Phi) is 7.44. The van der Waals surface area contributed by atoms with Gasteiger partial charge in [-0.05, 0) is 24.3 Å². The molecule has 0 radical (unpaired) electrons. The van der Waals surface area contributed by atoms with E-state index in [1.54, 1.807) is 30.5 Å². The molecule has 0 bridgehead atoms. The fraction of sp³-hybridized carbons (Fsp3) is 0.167. The molecule has 0 saturated carbocycles. The number of aromatic nitrogens is 3. The Balaban J connectivity index is 1.51. The molecule has 2 aromatic heterocycles. The van der Waals surface area contributed by atoms with Gasteiger partial charge in [0.1, 0.15) is 11.5 Å². The molecule has 12 heteroatoms. The summed E-state index contributed by atoms with van der Waals surface area (Å²) in [5, 5.41) is 5.95. The van der Waals surface area contributed by atoms with Crippen molar-refractivity contribution < 1.29 is 27.4 Å². The quantitative estimate of drug-likeness (QED) is 0.300. The summed E-state index contributed by atoms with van der Waals surface area (Å²) in [6.07, 6.45) is -0.0825. The van der Waals surface area contributed by atoms with Crippen molar-refractivity contribution in [2.24, 2.45) is 0 Å². The summed E-state index contributed by atoms with van der Waals surface area (Å²) in [7, 11) is 0. The zero-order valence-corrected chi connectivity index (χ0v) is 19.2. The van der Waals surface area contributed by atoms with Crippen LogP contribution in [0.3, 0.4) is 0 Å². The minimum absolute atomic E-state index is 0.000828. The number of alkyl halides is 3. The molecule has 0 unspecified atom stereocenters. The Morgan fingerprint density at radius 3 is 2.75 bits per heavy atom. The average molecular weight is 517 g/mol. The number of carbonyl (C=O) groups is 1. The van der Waals surface area contributed by atoms with Crippen molar-refractivity contribution >= 4 is 40.0 Å². The van der Waals surface area contributed by atoms with Crippen LogP contribution in [0, 0.1) is 6.15 Å². The molecule has 0 spiro atoms. The molecule has 36 heavy (non-hydrogen) atoms. The van der Waals surface area contributed by atoms with E-state index in [0.29, 0.717) is 29.1 Å². The fourth-order valence-electron chi connectivity index (χ4n) is 3.42. The van der Waals surface area contributed by atoms with Crippen molar-refractivity contribution in [1.82, 2.24) is 19.9 Å². The summed E-state index contributed by atoms with van der Waals surface area (Å²) in [6, 6.07) is 11.0. The molecule has 2 aromatic carbocycles. The Hall–Kier alpha value is -4.05. The number of hydrogen-bond acceptors (Lipinski definition) is 5. The Morgan fingerprint density at radius 1 is 1.17 bits per heavy atom. The number of rotatable bonds is 8. The number of hydrogen-bond donors (Lipinski definition) is 2. The van der Waals surface area contributed by atoms with Gasteiger partial charge >= 0.3 is 126 Å². The monoisotopic (exact) mass is 516 g/mol. The van der Waals surface area contributed by atoms with Gasteiger partial charge in [-0.15, -0.1) is 0 Å². The van der Waals surface area contributed by atoms with Crippen LogP contribution in [0.15, 0.2) is 61.1 Å². The molecule has 184 valence electrons. The van der Waals surface area contributed by atoms with Crippen molar-refractivity contribution in [2.75, 3.05) is 11.9 Å². The van der Waals surface area contributed by atoms with Gasteiger partial charge in [0.2, 0.25) is 0 Å². The second-order valence-electron chi connectivity index (χ2n) is 7.53. The third-order valence-corrected chi connectivity index (χ3v) is 5.34. The van der Waals surface area contributed by atoms with Crippen molar-refractivity contribution in [1.29, 1.82) is 0 Å². The van der Waals surface area contributed by atoms with E-state index in [0.717, 1.165) is 12.1 Å². The van der Waals surface area contributed by atoms with Crippen molar-refractivity contribution in [3.8, 4) is 17.6 Å². The number of amides is 1. The first kappa shape index (κ1) is 25.1. The van der Waals surface area contributed by atoms with Gasteiger partial charge in [-0.2, -0.15) is 13.2 Å². The summed E-state index contributed by atoms with van der Waals surface area (Å²) in [5.41, 5.74) is 1.07. The zero-order valence-electron chi connectivity index (χ0n) is 18.5. The number of nitrogens with zero attached hydrogens (tertiary/aromatic N) is 3. The van der Waals surface area contributed by atoms with E-state index in [4.69, 9.17) is 16.3 Å². The van der Waals surface area contributed by atoms with E-state index in [1.165, 1.54) is 24.5 Å². The number of fused-ring (bicyclic) bond motifs is 1. The van der Waals surface area contributed by atoms with Crippen LogP contribution in [0.2, 0.25) is 5.02 Å². The van der Waals surface area contributed by atoms with Gasteiger partial charge in [0.25, 0.3) is 0 Å². The minimum atomic E-state index is -4.49. The van der Waals surface area contributed by atoms with Crippen molar-refractivity contribution in [3.05, 3.63) is 71.6 Å². The summed E-state index contributed by atoms with van der Waals surface area (Å²) in [5.74, 6) is 0.236. The van der Waals surface area contributed by atoms with Crippen molar-refractivity contribution in [2.45, 2.75) is 19.1 Å². The molecule has 0 aliphatic carbocycles. The summed E-state index contributed by atoms with van der Waals surface area (Å²) in [6.45, 7) is 0.687. The van der Waals surface area contributed by atoms with E-state index in [2.05, 4.69) is 20.6 Å². The van der Waals surface area contributed by atoms with Gasteiger partial charge in [0, 0.05) is 0 Å². The van der Waals surface area contributed by atoms with E-state index in [1.807, 2.05) is 4.57 Å². The predicted octanol–water partition coefficient (Wildman–Crippen LogP) is 5.54. The Labute approximate surface area is 207 Å². The van der Waals surface area contributed by atoms with Crippen LogP contribution in [0.1, 0.15) is 12.0 Å². The second kappa shape index (κ2) is 10.7. The first-order chi connectivity index (χ1) is 17.2. The molecule has 0 saturated heterocycles. The molecule has 0 aliphatic heterocycles. The van der Waals surface area contributed by atoms with Crippen LogP contribution in [0.5, 0.6) is 11.5 Å². The van der Waals surface area contributed by atoms with Gasteiger partial charge < -0.3 is 4.74 Å². The summed E-state index contributed by atoms with van der Waals surface area (Å²) < 4.78 is 56.6. The third kappa shape index (κ3) is 5.95. The SMILES string of the molecule is O=C(CC#[O+])NCCn1ccc2ncnc(Nc3ccc(Oc4cccc(C(F)(F)F)c4)c(Cl)c3)c21. The molecule has 2 N–H and O–H groups in total. The molecular formula is C24H18ClF3N5O3+. The topological polar surface area (TPSA) is 101 Å². The Bertz CT molecular complexity index is 1450. The zero-order chi connectivity index (χ0) is 25.7. The Morgan fingerprint density at radius 2 is 2.00 bits per heavy atom. The molecule has 1 amide bonds. The number of halogens is 4. The van der Waals surface area contributed by atoms with Crippen LogP contribution in [-0.4, -0.2) is 27.0 Å². The predicted molar refractivity (Wildman–Crippen MR) is 126 cm³/mol. The van der Waals surface area contributed by atoms with Crippen LogP contribution in [0.4, 0.5) is 24.7 Å². The molecule has 4 rings (SSSR count). The third-order valence-electron chi connectivity index (χ3n) is 5.04. The van der Waals surface area contributed by atoms with Crippen LogP contribution in [-0.2, 0) is 22.2 Å². The molecular weight excluding hydrogens is 499 g/mol.